The Labute approximate surface area is 66.6 Å². The smallest absolute Gasteiger partial charge is 0.115 e. The lowest BCUT2D eigenvalue weighted by molar-refractivity contribution is 0.329. The summed E-state index contributed by atoms with van der Waals surface area (Å²) in [5.74, 6) is 0. The van der Waals surface area contributed by atoms with Gasteiger partial charge in [-0.15, -0.1) is 0 Å². The molecule has 1 atom stereocenters. The highest BCUT2D eigenvalue weighted by atomic mass is 16.6. The first-order chi connectivity index (χ1) is 5.12. The number of aromatic nitrogens is 1. The number of ether oxygens (including phenoxy) is 1. The van der Waals surface area contributed by atoms with Gasteiger partial charge in [0.05, 0.1) is 6.61 Å². The van der Waals surface area contributed by atoms with Crippen molar-refractivity contribution < 1.29 is 4.74 Å². The van der Waals surface area contributed by atoms with E-state index in [1.807, 2.05) is 0 Å². The average Bonchev–Trinajstić information content (AvgIpc) is 2.55. The summed E-state index contributed by atoms with van der Waals surface area (Å²) in [5.41, 5.74) is 3.79. The molecule has 0 aliphatic carbocycles. The maximum atomic E-state index is 5.36. The zero-order valence-corrected chi connectivity index (χ0v) is 7.19. The van der Waals surface area contributed by atoms with E-state index in [4.69, 9.17) is 4.74 Å². The summed E-state index contributed by atoms with van der Waals surface area (Å²) in [5, 5.41) is 0. The van der Waals surface area contributed by atoms with Gasteiger partial charge in [0.1, 0.15) is 5.60 Å². The van der Waals surface area contributed by atoms with Crippen LogP contribution in [0.15, 0.2) is 6.07 Å². The number of epoxide rings is 1. The SMILES string of the molecule is Cc1cc(C2(C)CO2)c(C)[nH]1. The number of nitrogens with one attached hydrogen (secondary N) is 1. The van der Waals surface area contributed by atoms with Crippen LogP contribution in [0.4, 0.5) is 0 Å². The molecule has 2 heteroatoms. The zero-order chi connectivity index (χ0) is 8.06. The lowest BCUT2D eigenvalue weighted by Gasteiger charge is -2.01. The fraction of sp³-hybridized carbons (Fsp3) is 0.556. The van der Waals surface area contributed by atoms with Crippen LogP contribution in [0.1, 0.15) is 23.9 Å². The fourth-order valence-electron chi connectivity index (χ4n) is 1.54. The summed E-state index contributed by atoms with van der Waals surface area (Å²) < 4.78 is 5.36. The molecule has 2 rings (SSSR count). The zero-order valence-electron chi connectivity index (χ0n) is 7.19. The van der Waals surface area contributed by atoms with Crippen LogP contribution in [0.25, 0.3) is 0 Å². The summed E-state index contributed by atoms with van der Waals surface area (Å²) in [6, 6.07) is 2.17. The summed E-state index contributed by atoms with van der Waals surface area (Å²) in [6.45, 7) is 7.16. The van der Waals surface area contributed by atoms with Gasteiger partial charge >= 0.3 is 0 Å². The van der Waals surface area contributed by atoms with Crippen molar-refractivity contribution >= 4 is 0 Å². The topological polar surface area (TPSA) is 28.3 Å². The number of aryl methyl sites for hydroxylation is 2. The van der Waals surface area contributed by atoms with E-state index in [0.29, 0.717) is 0 Å². The van der Waals surface area contributed by atoms with Crippen molar-refractivity contribution in [3.8, 4) is 0 Å². The molecule has 1 N–H and O–H groups in total. The minimum Gasteiger partial charge on any atom is -0.365 e. The third-order valence-electron chi connectivity index (χ3n) is 2.30. The van der Waals surface area contributed by atoms with Crippen molar-refractivity contribution in [1.29, 1.82) is 0 Å². The first kappa shape index (κ1) is 6.92. The number of H-pyrrole nitrogens is 1. The van der Waals surface area contributed by atoms with Crippen LogP contribution < -0.4 is 0 Å². The molecule has 0 spiro atoms. The first-order valence-corrected chi connectivity index (χ1v) is 3.92. The summed E-state index contributed by atoms with van der Waals surface area (Å²) in [4.78, 5) is 3.27. The van der Waals surface area contributed by atoms with E-state index in [1.165, 1.54) is 17.0 Å². The van der Waals surface area contributed by atoms with Crippen LogP contribution in [0.2, 0.25) is 0 Å². The molecule has 1 aromatic heterocycles. The van der Waals surface area contributed by atoms with Gasteiger partial charge < -0.3 is 9.72 Å². The lowest BCUT2D eigenvalue weighted by atomic mass is 10.0. The Bertz CT molecular complexity index is 284. The second-order valence-electron chi connectivity index (χ2n) is 3.51. The molecule has 1 fully saturated rings. The molecule has 1 unspecified atom stereocenters. The van der Waals surface area contributed by atoms with E-state index >= 15 is 0 Å². The van der Waals surface area contributed by atoms with E-state index in [1.54, 1.807) is 0 Å². The van der Waals surface area contributed by atoms with Crippen molar-refractivity contribution in [3.63, 3.8) is 0 Å². The van der Waals surface area contributed by atoms with Gasteiger partial charge in [0.25, 0.3) is 0 Å². The molecule has 1 aliphatic rings. The molecule has 2 nitrogen and oxygen atoms in total. The van der Waals surface area contributed by atoms with Gasteiger partial charge in [-0.1, -0.05) is 0 Å². The second-order valence-corrected chi connectivity index (χ2v) is 3.51. The molecule has 1 aliphatic heterocycles. The van der Waals surface area contributed by atoms with Gasteiger partial charge in [-0.2, -0.15) is 0 Å². The highest BCUT2D eigenvalue weighted by Gasteiger charge is 2.42. The molecular weight excluding hydrogens is 138 g/mol. The van der Waals surface area contributed by atoms with Crippen molar-refractivity contribution in [1.82, 2.24) is 4.98 Å². The van der Waals surface area contributed by atoms with Crippen molar-refractivity contribution in [2.24, 2.45) is 0 Å². The Morgan fingerprint density at radius 3 is 2.55 bits per heavy atom. The normalized spacial score (nSPS) is 29.0. The standard InChI is InChI=1S/C9H13NO/c1-6-4-8(7(2)10-6)9(3)5-11-9/h4,10H,5H2,1-3H3. The predicted molar refractivity (Wildman–Crippen MR) is 43.6 cm³/mol. The molecular formula is C9H13NO. The summed E-state index contributed by atoms with van der Waals surface area (Å²) in [6.07, 6.45) is 0. The van der Waals surface area contributed by atoms with E-state index < -0.39 is 0 Å². The highest BCUT2D eigenvalue weighted by Crippen LogP contribution is 2.39. The summed E-state index contributed by atoms with van der Waals surface area (Å²) >= 11 is 0. The Morgan fingerprint density at radius 2 is 2.18 bits per heavy atom. The minimum atomic E-state index is 0.0227. The largest absolute Gasteiger partial charge is 0.365 e. The third-order valence-corrected chi connectivity index (χ3v) is 2.30. The van der Waals surface area contributed by atoms with Crippen LogP contribution in [0, 0.1) is 13.8 Å². The Hall–Kier alpha value is -0.760. The second kappa shape index (κ2) is 1.89. The molecule has 0 amide bonds. The highest BCUT2D eigenvalue weighted by molar-refractivity contribution is 5.32. The minimum absolute atomic E-state index is 0.0227. The van der Waals surface area contributed by atoms with Crippen molar-refractivity contribution in [3.05, 3.63) is 23.0 Å². The maximum absolute atomic E-state index is 5.36. The van der Waals surface area contributed by atoms with Crippen LogP contribution in [0.5, 0.6) is 0 Å². The van der Waals surface area contributed by atoms with Crippen LogP contribution >= 0.6 is 0 Å². The third kappa shape index (κ3) is 0.979. The molecule has 0 radical (unpaired) electrons. The Morgan fingerprint density at radius 1 is 1.55 bits per heavy atom. The monoisotopic (exact) mass is 151 g/mol. The van der Waals surface area contributed by atoms with Crippen LogP contribution in [-0.4, -0.2) is 11.6 Å². The molecule has 11 heavy (non-hydrogen) atoms. The van der Waals surface area contributed by atoms with E-state index in [0.717, 1.165) is 6.61 Å². The van der Waals surface area contributed by atoms with Gasteiger partial charge in [-0.05, 0) is 26.8 Å². The van der Waals surface area contributed by atoms with Crippen LogP contribution in [-0.2, 0) is 10.3 Å². The van der Waals surface area contributed by atoms with Crippen LogP contribution in [0.3, 0.4) is 0 Å². The Kier molecular flexibility index (Phi) is 1.19. The average molecular weight is 151 g/mol. The van der Waals surface area contributed by atoms with Crippen molar-refractivity contribution in [2.45, 2.75) is 26.4 Å². The molecule has 60 valence electrons. The maximum Gasteiger partial charge on any atom is 0.115 e. The summed E-state index contributed by atoms with van der Waals surface area (Å²) in [7, 11) is 0. The van der Waals surface area contributed by atoms with Gasteiger partial charge in [-0.25, -0.2) is 0 Å². The fourth-order valence-corrected chi connectivity index (χ4v) is 1.54. The Balaban J connectivity index is 2.44. The first-order valence-electron chi connectivity index (χ1n) is 3.92. The van der Waals surface area contributed by atoms with Gasteiger partial charge in [0.15, 0.2) is 0 Å². The molecule has 0 bridgehead atoms. The van der Waals surface area contributed by atoms with Gasteiger partial charge in [-0.3, -0.25) is 0 Å². The number of hydrogen-bond acceptors (Lipinski definition) is 1. The quantitative estimate of drug-likeness (QED) is 0.610. The molecule has 0 aromatic carbocycles. The number of hydrogen-bond donors (Lipinski definition) is 1. The van der Waals surface area contributed by atoms with E-state index in [2.05, 4.69) is 31.8 Å². The van der Waals surface area contributed by atoms with Gasteiger partial charge in [0.2, 0.25) is 0 Å². The molecule has 0 saturated carbocycles. The number of rotatable bonds is 1. The van der Waals surface area contributed by atoms with Gasteiger partial charge in [0, 0.05) is 17.0 Å². The molecule has 1 saturated heterocycles. The lowest BCUT2D eigenvalue weighted by Crippen LogP contribution is -2.01. The molecule has 1 aromatic rings. The number of aromatic amines is 1. The van der Waals surface area contributed by atoms with E-state index in [-0.39, 0.29) is 5.60 Å². The molecule has 2 heterocycles. The van der Waals surface area contributed by atoms with Crippen molar-refractivity contribution in [2.75, 3.05) is 6.61 Å². The van der Waals surface area contributed by atoms with E-state index in [9.17, 15) is 0 Å². The predicted octanol–water partition coefficient (Wildman–Crippen LogP) is 1.88.